The summed E-state index contributed by atoms with van der Waals surface area (Å²) in [5, 5.41) is 19.3. The molecular weight excluding hydrogens is 220 g/mol. The molecule has 3 atom stereocenters. The lowest BCUT2D eigenvalue weighted by atomic mass is 9.87. The summed E-state index contributed by atoms with van der Waals surface area (Å²) in [5.74, 6) is 0.809. The number of hydrogen-bond acceptors (Lipinski definition) is 4. The third kappa shape index (κ3) is 2.29. The van der Waals surface area contributed by atoms with Crippen LogP contribution >= 0.6 is 0 Å². The Balaban J connectivity index is 1.81. The van der Waals surface area contributed by atoms with Gasteiger partial charge < -0.3 is 19.7 Å². The van der Waals surface area contributed by atoms with Crippen molar-refractivity contribution in [1.29, 1.82) is 0 Å². The molecule has 0 bridgehead atoms. The predicted molar refractivity (Wildman–Crippen MR) is 61.1 cm³/mol. The average Bonchev–Trinajstić information content (AvgIpc) is 3.12. The van der Waals surface area contributed by atoms with E-state index in [4.69, 9.17) is 9.47 Å². The Bertz CT molecular complexity index is 414. The highest BCUT2D eigenvalue weighted by atomic mass is 16.6. The summed E-state index contributed by atoms with van der Waals surface area (Å²) < 4.78 is 10.8. The van der Waals surface area contributed by atoms with E-state index in [1.165, 1.54) is 0 Å². The number of rotatable bonds is 3. The zero-order valence-electron chi connectivity index (χ0n) is 9.50. The summed E-state index contributed by atoms with van der Waals surface area (Å²) in [4.78, 5) is 0. The van der Waals surface area contributed by atoms with Gasteiger partial charge in [-0.25, -0.2) is 0 Å². The highest BCUT2D eigenvalue weighted by molar-refractivity contribution is 5.43. The van der Waals surface area contributed by atoms with Crippen LogP contribution in [0.1, 0.15) is 11.1 Å². The SMILES string of the molecule is O[C@@H]1Cc2cccc(OCC3CO3)c2C[C@H]1O. The van der Waals surface area contributed by atoms with E-state index < -0.39 is 12.2 Å². The summed E-state index contributed by atoms with van der Waals surface area (Å²) in [6, 6.07) is 5.81. The van der Waals surface area contributed by atoms with Crippen LogP contribution in [0.4, 0.5) is 0 Å². The minimum atomic E-state index is -0.690. The van der Waals surface area contributed by atoms with Crippen molar-refractivity contribution in [2.45, 2.75) is 31.2 Å². The van der Waals surface area contributed by atoms with Gasteiger partial charge in [0.25, 0.3) is 0 Å². The first-order valence-corrected chi connectivity index (χ1v) is 5.95. The summed E-state index contributed by atoms with van der Waals surface area (Å²) in [7, 11) is 0. The topological polar surface area (TPSA) is 62.2 Å². The number of ether oxygens (including phenoxy) is 2. The van der Waals surface area contributed by atoms with E-state index in [0.717, 1.165) is 23.5 Å². The Morgan fingerprint density at radius 3 is 2.76 bits per heavy atom. The number of aliphatic hydroxyl groups is 2. The maximum Gasteiger partial charge on any atom is 0.123 e. The molecule has 0 aromatic heterocycles. The van der Waals surface area contributed by atoms with E-state index in [0.29, 0.717) is 19.4 Å². The van der Waals surface area contributed by atoms with Gasteiger partial charge in [0.15, 0.2) is 0 Å². The molecule has 1 fully saturated rings. The van der Waals surface area contributed by atoms with Crippen molar-refractivity contribution in [3.8, 4) is 5.75 Å². The molecule has 0 amide bonds. The van der Waals surface area contributed by atoms with Crippen LogP contribution in [0, 0.1) is 0 Å². The van der Waals surface area contributed by atoms with Crippen molar-refractivity contribution in [2.24, 2.45) is 0 Å². The van der Waals surface area contributed by atoms with Crippen LogP contribution < -0.4 is 4.74 Å². The molecule has 2 aliphatic rings. The highest BCUT2D eigenvalue weighted by Crippen LogP contribution is 2.30. The molecular formula is C13H16O4. The molecule has 1 aromatic rings. The Morgan fingerprint density at radius 1 is 1.24 bits per heavy atom. The fraction of sp³-hybridized carbons (Fsp3) is 0.538. The van der Waals surface area contributed by atoms with E-state index >= 15 is 0 Å². The van der Waals surface area contributed by atoms with Crippen molar-refractivity contribution in [1.82, 2.24) is 0 Å². The van der Waals surface area contributed by atoms with Gasteiger partial charge in [-0.1, -0.05) is 12.1 Å². The maximum atomic E-state index is 9.71. The van der Waals surface area contributed by atoms with Gasteiger partial charge >= 0.3 is 0 Å². The maximum absolute atomic E-state index is 9.71. The van der Waals surface area contributed by atoms with Gasteiger partial charge in [-0.05, 0) is 11.6 Å². The van der Waals surface area contributed by atoms with Crippen molar-refractivity contribution < 1.29 is 19.7 Å². The molecule has 1 aliphatic heterocycles. The second-order valence-electron chi connectivity index (χ2n) is 4.70. The molecule has 1 aliphatic carbocycles. The normalized spacial score (nSPS) is 30.8. The fourth-order valence-electron chi connectivity index (χ4n) is 2.22. The Kier molecular flexibility index (Phi) is 2.78. The highest BCUT2D eigenvalue weighted by Gasteiger charge is 2.28. The Morgan fingerprint density at radius 2 is 2.00 bits per heavy atom. The number of hydrogen-bond donors (Lipinski definition) is 2. The summed E-state index contributed by atoms with van der Waals surface area (Å²) >= 11 is 0. The lowest BCUT2D eigenvalue weighted by Crippen LogP contribution is -2.34. The first kappa shape index (κ1) is 11.0. The van der Waals surface area contributed by atoms with Crippen molar-refractivity contribution in [3.63, 3.8) is 0 Å². The van der Waals surface area contributed by atoms with E-state index in [1.54, 1.807) is 0 Å². The largest absolute Gasteiger partial charge is 0.490 e. The molecule has 0 spiro atoms. The molecule has 1 saturated heterocycles. The second-order valence-corrected chi connectivity index (χ2v) is 4.70. The molecule has 1 heterocycles. The quantitative estimate of drug-likeness (QED) is 0.740. The monoisotopic (exact) mass is 236 g/mol. The molecule has 17 heavy (non-hydrogen) atoms. The number of benzene rings is 1. The minimum Gasteiger partial charge on any atom is -0.490 e. The van der Waals surface area contributed by atoms with E-state index in [1.807, 2.05) is 18.2 Å². The summed E-state index contributed by atoms with van der Waals surface area (Å²) in [6.07, 6.45) is -0.176. The van der Waals surface area contributed by atoms with Crippen LogP contribution in [0.5, 0.6) is 5.75 Å². The molecule has 1 aromatic carbocycles. The van der Waals surface area contributed by atoms with Gasteiger partial charge in [0.2, 0.25) is 0 Å². The zero-order chi connectivity index (χ0) is 11.8. The zero-order valence-corrected chi connectivity index (χ0v) is 9.50. The molecule has 1 unspecified atom stereocenters. The first-order valence-electron chi connectivity index (χ1n) is 5.95. The average molecular weight is 236 g/mol. The molecule has 4 nitrogen and oxygen atoms in total. The van der Waals surface area contributed by atoms with E-state index in [2.05, 4.69) is 0 Å². The van der Waals surface area contributed by atoms with Gasteiger partial charge in [0.1, 0.15) is 18.5 Å². The van der Waals surface area contributed by atoms with Gasteiger partial charge in [0.05, 0.1) is 18.8 Å². The second kappa shape index (κ2) is 4.29. The van der Waals surface area contributed by atoms with E-state index in [-0.39, 0.29) is 6.10 Å². The molecule has 92 valence electrons. The standard InChI is InChI=1S/C13H16O4/c14-11-4-8-2-1-3-13(10(8)5-12(11)15)17-7-9-6-16-9/h1-3,9,11-12,14-15H,4-7H2/t9?,11-,12-/m1/s1. The van der Waals surface area contributed by atoms with Gasteiger partial charge in [-0.2, -0.15) is 0 Å². The smallest absolute Gasteiger partial charge is 0.123 e. The molecule has 4 heteroatoms. The van der Waals surface area contributed by atoms with Gasteiger partial charge in [-0.15, -0.1) is 0 Å². The molecule has 3 rings (SSSR count). The third-order valence-electron chi connectivity index (χ3n) is 3.34. The van der Waals surface area contributed by atoms with Crippen LogP contribution in [-0.2, 0) is 17.6 Å². The Hall–Kier alpha value is -1.10. The number of epoxide rings is 1. The summed E-state index contributed by atoms with van der Waals surface area (Å²) in [6.45, 7) is 1.34. The van der Waals surface area contributed by atoms with Crippen molar-refractivity contribution in [2.75, 3.05) is 13.2 Å². The molecule has 0 saturated carbocycles. The van der Waals surface area contributed by atoms with Crippen LogP contribution in [0.15, 0.2) is 18.2 Å². The lowest BCUT2D eigenvalue weighted by molar-refractivity contribution is 0.0135. The van der Waals surface area contributed by atoms with E-state index in [9.17, 15) is 10.2 Å². The van der Waals surface area contributed by atoms with Crippen molar-refractivity contribution in [3.05, 3.63) is 29.3 Å². The lowest BCUT2D eigenvalue weighted by Gasteiger charge is -2.27. The van der Waals surface area contributed by atoms with Crippen LogP contribution in [-0.4, -0.2) is 41.7 Å². The van der Waals surface area contributed by atoms with Gasteiger partial charge in [-0.3, -0.25) is 0 Å². The molecule has 0 radical (unpaired) electrons. The first-order chi connectivity index (χ1) is 8.24. The van der Waals surface area contributed by atoms with Crippen LogP contribution in [0.3, 0.4) is 0 Å². The molecule has 2 N–H and O–H groups in total. The predicted octanol–water partition coefficient (Wildman–Crippen LogP) is 0.285. The van der Waals surface area contributed by atoms with Crippen LogP contribution in [0.25, 0.3) is 0 Å². The minimum absolute atomic E-state index is 0.227. The fourth-order valence-corrected chi connectivity index (χ4v) is 2.22. The number of fused-ring (bicyclic) bond motifs is 1. The number of aliphatic hydroxyl groups excluding tert-OH is 2. The summed E-state index contributed by atoms with van der Waals surface area (Å²) in [5.41, 5.74) is 2.09. The van der Waals surface area contributed by atoms with Crippen LogP contribution in [0.2, 0.25) is 0 Å². The van der Waals surface area contributed by atoms with Gasteiger partial charge in [0, 0.05) is 18.4 Å². The Labute approximate surface area is 99.8 Å². The third-order valence-corrected chi connectivity index (χ3v) is 3.34. The van der Waals surface area contributed by atoms with Crippen molar-refractivity contribution >= 4 is 0 Å².